The number of benzene rings is 1. The van der Waals surface area contributed by atoms with Crippen molar-refractivity contribution < 1.29 is 4.39 Å². The molecule has 0 fully saturated rings. The summed E-state index contributed by atoms with van der Waals surface area (Å²) in [7, 11) is 1.98. The smallest absolute Gasteiger partial charge is 0.128 e. The van der Waals surface area contributed by atoms with Gasteiger partial charge in [-0.25, -0.2) is 4.39 Å². The fourth-order valence-electron chi connectivity index (χ4n) is 2.45. The second-order valence-corrected chi connectivity index (χ2v) is 6.68. The van der Waals surface area contributed by atoms with Crippen LogP contribution in [0.3, 0.4) is 0 Å². The van der Waals surface area contributed by atoms with Crippen LogP contribution in [0, 0.1) is 5.82 Å². The zero-order valence-corrected chi connectivity index (χ0v) is 13.8. The number of thiophene rings is 1. The van der Waals surface area contributed by atoms with Crippen LogP contribution in [-0.2, 0) is 6.42 Å². The third-order valence-electron chi connectivity index (χ3n) is 3.80. The van der Waals surface area contributed by atoms with E-state index in [0.29, 0.717) is 17.1 Å². The van der Waals surface area contributed by atoms with Crippen LogP contribution in [0.2, 0.25) is 5.02 Å². The number of hydrogen-bond acceptors (Lipinski definition) is 3. The maximum absolute atomic E-state index is 14.1. The standard InChI is InChI=1S/C16H20ClFN2S/c1-11(8-13-4-3-7-21-13)20(2)16(10-19)14-9-12(17)5-6-15(14)18/h3-7,9,11,16H,8,10,19H2,1-2H3. The van der Waals surface area contributed by atoms with E-state index in [9.17, 15) is 4.39 Å². The molecule has 114 valence electrons. The Morgan fingerprint density at radius 1 is 1.38 bits per heavy atom. The normalized spacial score (nSPS) is 14.4. The molecule has 1 aromatic carbocycles. The second kappa shape index (κ2) is 7.36. The maximum Gasteiger partial charge on any atom is 0.128 e. The molecule has 0 aliphatic carbocycles. The molecule has 0 saturated carbocycles. The first kappa shape index (κ1) is 16.4. The minimum atomic E-state index is -0.259. The number of halogens is 2. The lowest BCUT2D eigenvalue weighted by molar-refractivity contribution is 0.185. The Bertz CT molecular complexity index is 574. The van der Waals surface area contributed by atoms with E-state index in [0.717, 1.165) is 6.42 Å². The highest BCUT2D eigenvalue weighted by Crippen LogP contribution is 2.27. The quantitative estimate of drug-likeness (QED) is 0.865. The van der Waals surface area contributed by atoms with Gasteiger partial charge in [0.05, 0.1) is 0 Å². The van der Waals surface area contributed by atoms with Gasteiger partial charge in [0.25, 0.3) is 0 Å². The summed E-state index contributed by atoms with van der Waals surface area (Å²) >= 11 is 7.73. The number of nitrogens with two attached hydrogens (primary N) is 1. The van der Waals surface area contributed by atoms with Crippen LogP contribution in [-0.4, -0.2) is 24.5 Å². The van der Waals surface area contributed by atoms with E-state index in [4.69, 9.17) is 17.3 Å². The van der Waals surface area contributed by atoms with E-state index in [-0.39, 0.29) is 17.9 Å². The van der Waals surface area contributed by atoms with Crippen molar-refractivity contribution in [2.24, 2.45) is 5.73 Å². The summed E-state index contributed by atoms with van der Waals surface area (Å²) < 4.78 is 14.1. The average molecular weight is 327 g/mol. The molecule has 2 N–H and O–H groups in total. The first-order valence-electron chi connectivity index (χ1n) is 6.92. The Morgan fingerprint density at radius 3 is 2.76 bits per heavy atom. The summed E-state index contributed by atoms with van der Waals surface area (Å²) in [5.74, 6) is -0.259. The van der Waals surface area contributed by atoms with E-state index in [1.807, 2.05) is 13.1 Å². The molecule has 0 bridgehead atoms. The molecule has 2 aromatic rings. The molecule has 21 heavy (non-hydrogen) atoms. The van der Waals surface area contributed by atoms with Gasteiger partial charge in [0, 0.05) is 34.1 Å². The van der Waals surface area contributed by atoms with Gasteiger partial charge in [0.2, 0.25) is 0 Å². The van der Waals surface area contributed by atoms with E-state index < -0.39 is 0 Å². The summed E-state index contributed by atoms with van der Waals surface area (Å²) in [6.07, 6.45) is 0.923. The molecule has 2 nitrogen and oxygen atoms in total. The predicted molar refractivity (Wildman–Crippen MR) is 88.5 cm³/mol. The molecule has 2 rings (SSSR count). The zero-order valence-electron chi connectivity index (χ0n) is 12.2. The second-order valence-electron chi connectivity index (χ2n) is 5.22. The van der Waals surface area contributed by atoms with E-state index in [1.165, 1.54) is 10.9 Å². The van der Waals surface area contributed by atoms with Crippen molar-refractivity contribution in [3.8, 4) is 0 Å². The fourth-order valence-corrected chi connectivity index (χ4v) is 3.46. The van der Waals surface area contributed by atoms with E-state index in [2.05, 4.69) is 23.3 Å². The van der Waals surface area contributed by atoms with Crippen LogP contribution in [0.1, 0.15) is 23.4 Å². The highest BCUT2D eigenvalue weighted by atomic mass is 35.5. The maximum atomic E-state index is 14.1. The van der Waals surface area contributed by atoms with Gasteiger partial charge in [-0.05, 0) is 50.0 Å². The molecule has 0 aliphatic rings. The molecule has 5 heteroatoms. The Labute approximate surface area is 134 Å². The summed E-state index contributed by atoms with van der Waals surface area (Å²) in [4.78, 5) is 3.44. The molecule has 0 radical (unpaired) electrons. The van der Waals surface area contributed by atoms with Crippen molar-refractivity contribution in [1.82, 2.24) is 4.90 Å². The Kier molecular flexibility index (Phi) is 5.76. The number of likely N-dealkylation sites (N-methyl/N-ethyl adjacent to an activating group) is 1. The van der Waals surface area contributed by atoms with Gasteiger partial charge in [-0.1, -0.05) is 17.7 Å². The first-order valence-corrected chi connectivity index (χ1v) is 8.18. The SMILES string of the molecule is CC(Cc1cccs1)N(C)C(CN)c1cc(Cl)ccc1F. The van der Waals surface area contributed by atoms with Crippen LogP contribution < -0.4 is 5.73 Å². The molecular weight excluding hydrogens is 307 g/mol. The Morgan fingerprint density at radius 2 is 2.14 bits per heavy atom. The number of nitrogens with zero attached hydrogens (tertiary/aromatic N) is 1. The largest absolute Gasteiger partial charge is 0.329 e. The minimum absolute atomic E-state index is 0.182. The molecule has 1 aromatic heterocycles. The predicted octanol–water partition coefficient (Wildman–Crippen LogP) is 4.10. The summed E-state index contributed by atoms with van der Waals surface area (Å²) in [5, 5.41) is 2.60. The monoisotopic (exact) mass is 326 g/mol. The van der Waals surface area contributed by atoms with Gasteiger partial charge < -0.3 is 5.73 Å². The van der Waals surface area contributed by atoms with Gasteiger partial charge in [-0.3, -0.25) is 4.90 Å². The fraction of sp³-hybridized carbons (Fsp3) is 0.375. The van der Waals surface area contributed by atoms with E-state index in [1.54, 1.807) is 23.5 Å². The van der Waals surface area contributed by atoms with Crippen molar-refractivity contribution in [2.45, 2.75) is 25.4 Å². The Balaban J connectivity index is 2.17. The highest BCUT2D eigenvalue weighted by molar-refractivity contribution is 7.09. The van der Waals surface area contributed by atoms with Crippen LogP contribution in [0.5, 0.6) is 0 Å². The average Bonchev–Trinajstić information content (AvgIpc) is 2.96. The van der Waals surface area contributed by atoms with Crippen LogP contribution in [0.25, 0.3) is 0 Å². The summed E-state index contributed by atoms with van der Waals surface area (Å²) in [5.41, 5.74) is 6.45. The number of hydrogen-bond donors (Lipinski definition) is 1. The molecule has 0 amide bonds. The van der Waals surface area contributed by atoms with Crippen LogP contribution >= 0.6 is 22.9 Å². The van der Waals surface area contributed by atoms with Gasteiger partial charge in [-0.2, -0.15) is 0 Å². The summed E-state index contributed by atoms with van der Waals surface area (Å²) in [6, 6.07) is 8.87. The van der Waals surface area contributed by atoms with Crippen LogP contribution in [0.4, 0.5) is 4.39 Å². The van der Waals surface area contributed by atoms with Crippen molar-refractivity contribution in [1.29, 1.82) is 0 Å². The molecule has 0 spiro atoms. The Hall–Kier alpha value is -0.940. The molecule has 0 saturated heterocycles. The lowest BCUT2D eigenvalue weighted by Crippen LogP contribution is -2.38. The van der Waals surface area contributed by atoms with Gasteiger partial charge in [0.15, 0.2) is 0 Å². The van der Waals surface area contributed by atoms with Gasteiger partial charge >= 0.3 is 0 Å². The third kappa shape index (κ3) is 4.04. The molecule has 2 atom stereocenters. The molecule has 1 heterocycles. The topological polar surface area (TPSA) is 29.3 Å². The highest BCUT2D eigenvalue weighted by Gasteiger charge is 2.23. The summed E-state index contributed by atoms with van der Waals surface area (Å²) in [6.45, 7) is 2.48. The molecular formula is C16H20ClFN2S. The van der Waals surface area contributed by atoms with Gasteiger partial charge in [0.1, 0.15) is 5.82 Å². The van der Waals surface area contributed by atoms with Crippen molar-refractivity contribution in [2.75, 3.05) is 13.6 Å². The minimum Gasteiger partial charge on any atom is -0.329 e. The van der Waals surface area contributed by atoms with Crippen molar-refractivity contribution >= 4 is 22.9 Å². The zero-order chi connectivity index (χ0) is 15.4. The van der Waals surface area contributed by atoms with Crippen molar-refractivity contribution in [3.63, 3.8) is 0 Å². The molecule has 2 unspecified atom stereocenters. The lowest BCUT2D eigenvalue weighted by Gasteiger charge is -2.33. The van der Waals surface area contributed by atoms with Crippen LogP contribution in [0.15, 0.2) is 35.7 Å². The van der Waals surface area contributed by atoms with Crippen molar-refractivity contribution in [3.05, 3.63) is 57.0 Å². The number of rotatable bonds is 6. The molecule has 0 aliphatic heterocycles. The van der Waals surface area contributed by atoms with E-state index >= 15 is 0 Å². The van der Waals surface area contributed by atoms with Gasteiger partial charge in [-0.15, -0.1) is 11.3 Å². The lowest BCUT2D eigenvalue weighted by atomic mass is 10.0. The first-order chi connectivity index (χ1) is 10.0. The third-order valence-corrected chi connectivity index (χ3v) is 4.94.